The van der Waals surface area contributed by atoms with Crippen molar-refractivity contribution in [3.05, 3.63) is 76.5 Å². The fourth-order valence-corrected chi connectivity index (χ4v) is 5.79. The van der Waals surface area contributed by atoms with Crippen molar-refractivity contribution in [2.24, 2.45) is 5.92 Å². The summed E-state index contributed by atoms with van der Waals surface area (Å²) < 4.78 is 3.56. The van der Waals surface area contributed by atoms with E-state index >= 15 is 0 Å². The Kier molecular flexibility index (Phi) is 4.88. The molecule has 1 fully saturated rings. The van der Waals surface area contributed by atoms with E-state index in [-0.39, 0.29) is 5.54 Å². The molecule has 2 aromatic carbocycles. The van der Waals surface area contributed by atoms with Gasteiger partial charge in [-0.15, -0.1) is 0 Å². The summed E-state index contributed by atoms with van der Waals surface area (Å²) in [4.78, 5) is 4.73. The highest BCUT2D eigenvalue weighted by molar-refractivity contribution is 9.10. The van der Waals surface area contributed by atoms with Crippen molar-refractivity contribution in [1.29, 1.82) is 0 Å². The summed E-state index contributed by atoms with van der Waals surface area (Å²) in [5, 5.41) is 0. The van der Waals surface area contributed by atoms with Gasteiger partial charge in [-0.2, -0.15) is 0 Å². The molecular weight excluding hydrogens is 408 g/mol. The minimum absolute atomic E-state index is 0.141. The van der Waals surface area contributed by atoms with Crippen LogP contribution >= 0.6 is 15.9 Å². The van der Waals surface area contributed by atoms with Gasteiger partial charge in [0.1, 0.15) is 5.82 Å². The smallest absolute Gasteiger partial charge is 0.141 e. The fraction of sp³-hybridized carbons (Fsp3) is 0.400. The van der Waals surface area contributed by atoms with Crippen molar-refractivity contribution in [3.8, 4) is 11.4 Å². The Hall–Kier alpha value is -1.87. The predicted octanol–water partition coefficient (Wildman–Crippen LogP) is 7.17. The van der Waals surface area contributed by atoms with Crippen LogP contribution in [0.3, 0.4) is 0 Å². The van der Waals surface area contributed by atoms with Crippen molar-refractivity contribution < 1.29 is 0 Å². The summed E-state index contributed by atoms with van der Waals surface area (Å²) >= 11 is 3.61. The highest BCUT2D eigenvalue weighted by atomic mass is 79.9. The maximum atomic E-state index is 4.73. The molecule has 2 aliphatic rings. The van der Waals surface area contributed by atoms with Gasteiger partial charge in [0.25, 0.3) is 0 Å². The summed E-state index contributed by atoms with van der Waals surface area (Å²) in [5.74, 6) is 2.03. The molecule has 3 aromatic rings. The molecule has 0 saturated heterocycles. The van der Waals surface area contributed by atoms with Crippen LogP contribution in [-0.2, 0) is 5.54 Å². The lowest BCUT2D eigenvalue weighted by atomic mass is 9.77. The molecule has 1 atom stereocenters. The molecule has 1 saturated carbocycles. The van der Waals surface area contributed by atoms with Crippen LogP contribution in [-0.4, -0.2) is 9.55 Å². The monoisotopic (exact) mass is 434 g/mol. The van der Waals surface area contributed by atoms with Crippen molar-refractivity contribution in [2.75, 3.05) is 0 Å². The molecule has 0 radical (unpaired) electrons. The molecule has 28 heavy (non-hydrogen) atoms. The van der Waals surface area contributed by atoms with E-state index in [9.17, 15) is 0 Å². The molecule has 144 valence electrons. The van der Waals surface area contributed by atoms with Crippen LogP contribution in [0.2, 0.25) is 0 Å². The van der Waals surface area contributed by atoms with E-state index in [1.807, 2.05) is 6.20 Å². The molecular formula is C25H27BrN2. The third kappa shape index (κ3) is 2.95. The Labute approximate surface area is 176 Å². The Morgan fingerprint density at radius 3 is 2.61 bits per heavy atom. The molecule has 1 aliphatic heterocycles. The van der Waals surface area contributed by atoms with Crippen LogP contribution in [0.4, 0.5) is 0 Å². The standard InChI is InChI=1S/C25H27BrN2/c26-21-14-12-20(13-15-21)25(16-6-9-19-7-2-1-3-8-19)23-11-5-4-10-22(23)24-27-17-18-28(24)25/h4-5,10-15,17-19H,1-3,6-9,16H2. The van der Waals surface area contributed by atoms with E-state index in [2.05, 4.69) is 75.2 Å². The van der Waals surface area contributed by atoms with Gasteiger partial charge in [-0.3, -0.25) is 0 Å². The summed E-state index contributed by atoms with van der Waals surface area (Å²) in [7, 11) is 0. The van der Waals surface area contributed by atoms with Gasteiger partial charge in [0, 0.05) is 22.4 Å². The van der Waals surface area contributed by atoms with E-state index in [4.69, 9.17) is 4.98 Å². The van der Waals surface area contributed by atoms with Crippen molar-refractivity contribution in [1.82, 2.24) is 9.55 Å². The quantitative estimate of drug-likeness (QED) is 0.416. The lowest BCUT2D eigenvalue weighted by Gasteiger charge is -2.34. The molecule has 1 aromatic heterocycles. The number of fused-ring (bicyclic) bond motifs is 3. The number of halogens is 1. The summed E-state index contributed by atoms with van der Waals surface area (Å²) in [6.07, 6.45) is 15.0. The first kappa shape index (κ1) is 18.2. The first-order valence-corrected chi connectivity index (χ1v) is 11.5. The van der Waals surface area contributed by atoms with Crippen molar-refractivity contribution in [3.63, 3.8) is 0 Å². The number of benzene rings is 2. The topological polar surface area (TPSA) is 17.8 Å². The highest BCUT2D eigenvalue weighted by Gasteiger charge is 2.44. The van der Waals surface area contributed by atoms with Crippen molar-refractivity contribution >= 4 is 15.9 Å². The second-order valence-corrected chi connectivity index (χ2v) is 9.35. The average molecular weight is 435 g/mol. The number of aromatic nitrogens is 2. The van der Waals surface area contributed by atoms with Gasteiger partial charge in [0.15, 0.2) is 0 Å². The predicted molar refractivity (Wildman–Crippen MR) is 118 cm³/mol. The number of imidazole rings is 1. The van der Waals surface area contributed by atoms with Crippen molar-refractivity contribution in [2.45, 2.75) is 56.9 Å². The van der Waals surface area contributed by atoms with Gasteiger partial charge in [0.2, 0.25) is 0 Å². The maximum absolute atomic E-state index is 4.73. The lowest BCUT2D eigenvalue weighted by molar-refractivity contribution is 0.308. The van der Waals surface area contributed by atoms with E-state index < -0.39 is 0 Å². The molecule has 1 unspecified atom stereocenters. The average Bonchev–Trinajstić information content (AvgIpc) is 3.32. The van der Waals surface area contributed by atoms with Crippen LogP contribution < -0.4 is 0 Å². The zero-order valence-corrected chi connectivity index (χ0v) is 17.9. The van der Waals surface area contributed by atoms with E-state index in [0.29, 0.717) is 0 Å². The number of nitrogens with zero attached hydrogens (tertiary/aromatic N) is 2. The second kappa shape index (κ2) is 7.51. The van der Waals surface area contributed by atoms with Crippen LogP contribution in [0, 0.1) is 5.92 Å². The van der Waals surface area contributed by atoms with Gasteiger partial charge < -0.3 is 4.57 Å². The highest BCUT2D eigenvalue weighted by Crippen LogP contribution is 2.50. The molecule has 0 spiro atoms. The molecule has 2 heterocycles. The maximum Gasteiger partial charge on any atom is 0.141 e. The van der Waals surface area contributed by atoms with E-state index in [1.165, 1.54) is 61.6 Å². The molecule has 5 rings (SSSR count). The van der Waals surface area contributed by atoms with Crippen LogP contribution in [0.5, 0.6) is 0 Å². The zero-order chi connectivity index (χ0) is 19.0. The Morgan fingerprint density at radius 1 is 1.00 bits per heavy atom. The molecule has 0 amide bonds. The largest absolute Gasteiger partial charge is 0.317 e. The zero-order valence-electron chi connectivity index (χ0n) is 16.3. The van der Waals surface area contributed by atoms with Gasteiger partial charge in [-0.25, -0.2) is 4.98 Å². The van der Waals surface area contributed by atoms with E-state index in [0.717, 1.165) is 22.6 Å². The van der Waals surface area contributed by atoms with Gasteiger partial charge in [-0.05, 0) is 35.6 Å². The number of hydrogen-bond donors (Lipinski definition) is 0. The normalized spacial score (nSPS) is 21.5. The summed E-state index contributed by atoms with van der Waals surface area (Å²) in [6, 6.07) is 17.8. The Bertz CT molecular complexity index is 953. The van der Waals surface area contributed by atoms with E-state index in [1.54, 1.807) is 0 Å². The fourth-order valence-electron chi connectivity index (χ4n) is 5.52. The molecule has 2 nitrogen and oxygen atoms in total. The van der Waals surface area contributed by atoms with Crippen LogP contribution in [0.1, 0.15) is 62.5 Å². The van der Waals surface area contributed by atoms with Crippen LogP contribution in [0.25, 0.3) is 11.4 Å². The Balaban J connectivity index is 1.55. The third-order valence-corrected chi connectivity index (χ3v) is 7.39. The lowest BCUT2D eigenvalue weighted by Crippen LogP contribution is -2.33. The SMILES string of the molecule is Brc1ccc(C2(CCCC3CCCCC3)c3ccccc3-c3nccn32)cc1. The summed E-state index contributed by atoms with van der Waals surface area (Å²) in [5.41, 5.74) is 3.92. The molecule has 0 N–H and O–H groups in total. The van der Waals surface area contributed by atoms with Gasteiger partial charge in [0.05, 0.1) is 5.54 Å². The van der Waals surface area contributed by atoms with Crippen LogP contribution in [0.15, 0.2) is 65.4 Å². The van der Waals surface area contributed by atoms with Gasteiger partial charge in [-0.1, -0.05) is 97.3 Å². The third-order valence-electron chi connectivity index (χ3n) is 6.86. The minimum atomic E-state index is -0.141. The summed E-state index contributed by atoms with van der Waals surface area (Å²) in [6.45, 7) is 0. The minimum Gasteiger partial charge on any atom is -0.317 e. The number of rotatable bonds is 5. The van der Waals surface area contributed by atoms with Gasteiger partial charge >= 0.3 is 0 Å². The molecule has 3 heteroatoms. The number of hydrogen-bond acceptors (Lipinski definition) is 1. The first-order chi connectivity index (χ1) is 13.8. The second-order valence-electron chi connectivity index (χ2n) is 8.43. The molecule has 1 aliphatic carbocycles. The molecule has 0 bridgehead atoms. The Morgan fingerprint density at radius 2 is 1.79 bits per heavy atom. The first-order valence-electron chi connectivity index (χ1n) is 10.7.